The normalized spacial score (nSPS) is 25.8. The van der Waals surface area contributed by atoms with Crippen LogP contribution >= 0.6 is 11.6 Å². The zero-order chi connectivity index (χ0) is 12.6. The van der Waals surface area contributed by atoms with Crippen LogP contribution in [0, 0.1) is 16.7 Å². The first-order valence-electron chi connectivity index (χ1n) is 5.59. The Morgan fingerprint density at radius 3 is 2.71 bits per heavy atom. The predicted molar refractivity (Wildman–Crippen MR) is 68.0 cm³/mol. The van der Waals surface area contributed by atoms with Crippen LogP contribution in [-0.2, 0) is 0 Å². The summed E-state index contributed by atoms with van der Waals surface area (Å²) in [5.74, 6) is 0. The Hall–Kier alpha value is -1.24. The molecule has 2 unspecified atom stereocenters. The fourth-order valence-electron chi connectivity index (χ4n) is 2.04. The van der Waals surface area contributed by atoms with Gasteiger partial charge < -0.3 is 10.4 Å². The molecule has 0 bridgehead atoms. The predicted octanol–water partition coefficient (Wildman–Crippen LogP) is 2.78. The highest BCUT2D eigenvalue weighted by molar-refractivity contribution is 6.33. The van der Waals surface area contributed by atoms with Gasteiger partial charge in [0.15, 0.2) is 0 Å². The molecule has 0 heterocycles. The van der Waals surface area contributed by atoms with Gasteiger partial charge in [-0.1, -0.05) is 25.4 Å². The Morgan fingerprint density at radius 1 is 1.53 bits per heavy atom. The summed E-state index contributed by atoms with van der Waals surface area (Å²) in [7, 11) is 0. The number of aliphatic hydroxyl groups excluding tert-OH is 1. The van der Waals surface area contributed by atoms with Gasteiger partial charge in [-0.25, -0.2) is 0 Å². The zero-order valence-electron chi connectivity index (χ0n) is 9.87. The van der Waals surface area contributed by atoms with Gasteiger partial charge in [0.05, 0.1) is 28.4 Å². The molecule has 0 aliphatic heterocycles. The molecule has 2 rings (SSSR count). The van der Waals surface area contributed by atoms with E-state index in [2.05, 4.69) is 5.32 Å². The summed E-state index contributed by atoms with van der Waals surface area (Å²) in [4.78, 5) is 0. The minimum Gasteiger partial charge on any atom is -0.392 e. The second-order valence-corrected chi connectivity index (χ2v) is 5.48. The van der Waals surface area contributed by atoms with Gasteiger partial charge in [0.1, 0.15) is 0 Å². The van der Waals surface area contributed by atoms with Gasteiger partial charge in [0.25, 0.3) is 0 Å². The van der Waals surface area contributed by atoms with E-state index in [-0.39, 0.29) is 17.6 Å². The van der Waals surface area contributed by atoms with Crippen LogP contribution in [-0.4, -0.2) is 17.3 Å². The first kappa shape index (κ1) is 12.2. The molecule has 0 aromatic heterocycles. The number of nitrogens with zero attached hydrogens (tertiary/aromatic N) is 1. The van der Waals surface area contributed by atoms with Crippen molar-refractivity contribution in [3.8, 4) is 6.07 Å². The van der Waals surface area contributed by atoms with Crippen molar-refractivity contribution >= 4 is 17.3 Å². The van der Waals surface area contributed by atoms with Crippen molar-refractivity contribution in [2.75, 3.05) is 5.32 Å². The minimum atomic E-state index is -0.267. The quantitative estimate of drug-likeness (QED) is 0.849. The van der Waals surface area contributed by atoms with Gasteiger partial charge in [0, 0.05) is 11.5 Å². The topological polar surface area (TPSA) is 56.0 Å². The highest BCUT2D eigenvalue weighted by Gasteiger charge is 2.47. The molecule has 2 N–H and O–H groups in total. The minimum absolute atomic E-state index is 0.142. The number of nitriles is 1. The molecule has 1 aromatic rings. The van der Waals surface area contributed by atoms with E-state index in [4.69, 9.17) is 16.9 Å². The number of anilines is 1. The van der Waals surface area contributed by atoms with Crippen LogP contribution in [0.25, 0.3) is 0 Å². The molecule has 0 amide bonds. The summed E-state index contributed by atoms with van der Waals surface area (Å²) in [5, 5.41) is 22.3. The average Bonchev–Trinajstić information content (AvgIpc) is 2.30. The smallest absolute Gasteiger partial charge is 0.0992 e. The van der Waals surface area contributed by atoms with E-state index in [9.17, 15) is 5.11 Å². The van der Waals surface area contributed by atoms with E-state index in [1.165, 1.54) is 0 Å². The van der Waals surface area contributed by atoms with E-state index in [0.717, 1.165) is 12.1 Å². The molecule has 2 atom stereocenters. The van der Waals surface area contributed by atoms with Crippen molar-refractivity contribution in [3.63, 3.8) is 0 Å². The van der Waals surface area contributed by atoms with Gasteiger partial charge >= 0.3 is 0 Å². The molecule has 3 nitrogen and oxygen atoms in total. The Balaban J connectivity index is 2.13. The van der Waals surface area contributed by atoms with Gasteiger partial charge in [-0.2, -0.15) is 5.26 Å². The number of aliphatic hydroxyl groups is 1. The van der Waals surface area contributed by atoms with Crippen molar-refractivity contribution in [1.82, 2.24) is 0 Å². The van der Waals surface area contributed by atoms with Gasteiger partial charge in [-0.15, -0.1) is 0 Å². The molecule has 17 heavy (non-hydrogen) atoms. The fourth-order valence-corrected chi connectivity index (χ4v) is 2.27. The number of halogens is 1. The SMILES string of the molecule is CC1(C)C(O)CC1Nc1ccc(C#N)cc1Cl. The van der Waals surface area contributed by atoms with E-state index < -0.39 is 0 Å². The maximum atomic E-state index is 9.66. The number of benzene rings is 1. The Kier molecular flexibility index (Phi) is 3.03. The highest BCUT2D eigenvalue weighted by Crippen LogP contribution is 2.42. The number of hydrogen-bond acceptors (Lipinski definition) is 3. The second kappa shape index (κ2) is 4.21. The summed E-state index contributed by atoms with van der Waals surface area (Å²) in [6.45, 7) is 4.05. The summed E-state index contributed by atoms with van der Waals surface area (Å²) in [6, 6.07) is 7.44. The van der Waals surface area contributed by atoms with Gasteiger partial charge in [0.2, 0.25) is 0 Å². The third-order valence-corrected chi connectivity index (χ3v) is 3.96. The fraction of sp³-hybridized carbons (Fsp3) is 0.462. The molecule has 90 valence electrons. The lowest BCUT2D eigenvalue weighted by atomic mass is 9.64. The zero-order valence-corrected chi connectivity index (χ0v) is 10.6. The lowest BCUT2D eigenvalue weighted by Gasteiger charge is -2.50. The van der Waals surface area contributed by atoms with E-state index in [1.54, 1.807) is 12.1 Å². The van der Waals surface area contributed by atoms with Crippen LogP contribution in [0.15, 0.2) is 18.2 Å². The van der Waals surface area contributed by atoms with Crippen LogP contribution in [0.5, 0.6) is 0 Å². The molecule has 1 saturated carbocycles. The Labute approximate surface area is 106 Å². The lowest BCUT2D eigenvalue weighted by Crippen LogP contribution is -2.56. The van der Waals surface area contributed by atoms with E-state index in [1.807, 2.05) is 26.0 Å². The first-order valence-corrected chi connectivity index (χ1v) is 5.97. The van der Waals surface area contributed by atoms with Crippen LogP contribution in [0.1, 0.15) is 25.8 Å². The van der Waals surface area contributed by atoms with Crippen molar-refractivity contribution in [1.29, 1.82) is 5.26 Å². The molecule has 0 saturated heterocycles. The van der Waals surface area contributed by atoms with Gasteiger partial charge in [-0.05, 0) is 24.6 Å². The number of nitrogens with one attached hydrogen (secondary N) is 1. The average molecular weight is 251 g/mol. The third kappa shape index (κ3) is 2.11. The Bertz CT molecular complexity index is 479. The molecular formula is C13H15ClN2O. The maximum absolute atomic E-state index is 9.66. The lowest BCUT2D eigenvalue weighted by molar-refractivity contribution is -0.0510. The largest absolute Gasteiger partial charge is 0.392 e. The monoisotopic (exact) mass is 250 g/mol. The summed E-state index contributed by atoms with van der Waals surface area (Å²) < 4.78 is 0. The van der Waals surface area contributed by atoms with Crippen molar-refractivity contribution < 1.29 is 5.11 Å². The summed E-state index contributed by atoms with van der Waals surface area (Å²) in [6.07, 6.45) is 0.459. The van der Waals surface area contributed by atoms with Crippen LogP contribution in [0.3, 0.4) is 0 Å². The van der Waals surface area contributed by atoms with Gasteiger partial charge in [-0.3, -0.25) is 0 Å². The standard InChI is InChI=1S/C13H15ClN2O/c1-13(2)11(6-12(13)17)16-10-4-3-8(7-15)5-9(10)14/h3-5,11-12,16-17H,6H2,1-2H3. The highest BCUT2D eigenvalue weighted by atomic mass is 35.5. The molecule has 1 aliphatic rings. The molecule has 1 aromatic carbocycles. The Morgan fingerprint density at radius 2 is 2.24 bits per heavy atom. The molecular weight excluding hydrogens is 236 g/mol. The molecule has 0 radical (unpaired) electrons. The van der Waals surface area contributed by atoms with Crippen molar-refractivity contribution in [2.24, 2.45) is 5.41 Å². The number of rotatable bonds is 2. The summed E-state index contributed by atoms with van der Waals surface area (Å²) >= 11 is 6.09. The van der Waals surface area contributed by atoms with Crippen molar-refractivity contribution in [3.05, 3.63) is 28.8 Å². The second-order valence-electron chi connectivity index (χ2n) is 5.08. The van der Waals surface area contributed by atoms with E-state index in [0.29, 0.717) is 10.6 Å². The van der Waals surface area contributed by atoms with Crippen molar-refractivity contribution in [2.45, 2.75) is 32.4 Å². The maximum Gasteiger partial charge on any atom is 0.0992 e. The van der Waals surface area contributed by atoms with E-state index >= 15 is 0 Å². The summed E-state index contributed by atoms with van der Waals surface area (Å²) in [5.41, 5.74) is 1.22. The molecule has 0 spiro atoms. The first-order chi connectivity index (χ1) is 7.95. The molecule has 1 aliphatic carbocycles. The van der Waals surface area contributed by atoms with Crippen LogP contribution < -0.4 is 5.32 Å². The third-order valence-electron chi connectivity index (χ3n) is 3.64. The molecule has 4 heteroatoms. The molecule has 1 fully saturated rings. The number of hydrogen-bond donors (Lipinski definition) is 2. The van der Waals surface area contributed by atoms with Crippen LogP contribution in [0.2, 0.25) is 5.02 Å². The van der Waals surface area contributed by atoms with Crippen LogP contribution in [0.4, 0.5) is 5.69 Å².